The number of aromatic nitrogens is 3. The van der Waals surface area contributed by atoms with E-state index in [1.807, 2.05) is 32.0 Å². The van der Waals surface area contributed by atoms with Gasteiger partial charge in [0.05, 0.1) is 11.9 Å². The Labute approximate surface area is 170 Å². The summed E-state index contributed by atoms with van der Waals surface area (Å²) in [5.41, 5.74) is 0.877. The molecule has 29 heavy (non-hydrogen) atoms. The lowest BCUT2D eigenvalue weighted by Gasteiger charge is -2.10. The van der Waals surface area contributed by atoms with Gasteiger partial charge in [-0.25, -0.2) is 13.5 Å². The van der Waals surface area contributed by atoms with Crippen molar-refractivity contribution in [1.29, 1.82) is 0 Å². The van der Waals surface area contributed by atoms with E-state index in [1.54, 1.807) is 6.07 Å². The normalized spacial score (nSPS) is 10.9. The van der Waals surface area contributed by atoms with Gasteiger partial charge in [-0.2, -0.15) is 0 Å². The first-order chi connectivity index (χ1) is 13.8. The summed E-state index contributed by atoms with van der Waals surface area (Å²) in [6, 6.07) is 10.4. The van der Waals surface area contributed by atoms with Crippen molar-refractivity contribution in [2.75, 3.05) is 16.9 Å². The molecular formula is C19H19F2N5O2S. The van der Waals surface area contributed by atoms with Gasteiger partial charge in [-0.1, -0.05) is 23.9 Å². The van der Waals surface area contributed by atoms with E-state index in [9.17, 15) is 13.6 Å². The number of carbonyl (C=O) groups is 1. The van der Waals surface area contributed by atoms with Crippen molar-refractivity contribution >= 4 is 23.4 Å². The minimum absolute atomic E-state index is 0.0280. The summed E-state index contributed by atoms with van der Waals surface area (Å²) in [5, 5.41) is 10.9. The molecule has 0 spiro atoms. The van der Waals surface area contributed by atoms with Gasteiger partial charge in [0.25, 0.3) is 0 Å². The number of benzene rings is 2. The van der Waals surface area contributed by atoms with Gasteiger partial charge in [-0.05, 0) is 38.1 Å². The number of hydrogen-bond acceptors (Lipinski definition) is 6. The number of amides is 1. The largest absolute Gasteiger partial charge is 0.491 e. The van der Waals surface area contributed by atoms with Crippen LogP contribution in [0.1, 0.15) is 13.8 Å². The van der Waals surface area contributed by atoms with Gasteiger partial charge in [0, 0.05) is 17.3 Å². The maximum Gasteiger partial charge on any atom is 0.234 e. The van der Waals surface area contributed by atoms with E-state index in [2.05, 4.69) is 15.5 Å². The maximum atomic E-state index is 13.2. The molecule has 0 radical (unpaired) electrons. The van der Waals surface area contributed by atoms with Crippen LogP contribution in [0.4, 0.5) is 14.5 Å². The van der Waals surface area contributed by atoms with Gasteiger partial charge in [0.1, 0.15) is 5.75 Å². The lowest BCUT2D eigenvalue weighted by molar-refractivity contribution is -0.113. The number of hydrogen-bond donors (Lipinski definition) is 2. The summed E-state index contributed by atoms with van der Waals surface area (Å²) >= 11 is 1.07. The third-order valence-corrected chi connectivity index (χ3v) is 4.61. The van der Waals surface area contributed by atoms with E-state index >= 15 is 0 Å². The topological polar surface area (TPSA) is 95.1 Å². The number of anilines is 1. The molecule has 0 aliphatic heterocycles. The number of nitrogens with two attached hydrogens (primary N) is 1. The summed E-state index contributed by atoms with van der Waals surface area (Å²) in [6.07, 6.45) is 0.0280. The van der Waals surface area contributed by atoms with Crippen LogP contribution in [0.3, 0.4) is 0 Å². The molecule has 0 aliphatic rings. The molecule has 0 fully saturated rings. The summed E-state index contributed by atoms with van der Waals surface area (Å²) in [7, 11) is 0. The van der Waals surface area contributed by atoms with E-state index in [1.165, 1.54) is 10.7 Å². The third-order valence-electron chi connectivity index (χ3n) is 3.66. The van der Waals surface area contributed by atoms with Gasteiger partial charge >= 0.3 is 0 Å². The van der Waals surface area contributed by atoms with Crippen molar-refractivity contribution in [3.63, 3.8) is 0 Å². The van der Waals surface area contributed by atoms with E-state index in [0.717, 1.165) is 29.5 Å². The van der Waals surface area contributed by atoms with Crippen molar-refractivity contribution in [3.05, 3.63) is 54.1 Å². The average Bonchev–Trinajstić information content (AvgIpc) is 3.03. The minimum Gasteiger partial charge on any atom is -0.491 e. The quantitative estimate of drug-likeness (QED) is 0.450. The number of carbonyl (C=O) groups excluding carboxylic acids is 1. The van der Waals surface area contributed by atoms with Crippen LogP contribution in [-0.2, 0) is 4.79 Å². The van der Waals surface area contributed by atoms with Crippen molar-refractivity contribution < 1.29 is 18.3 Å². The fourth-order valence-corrected chi connectivity index (χ4v) is 3.11. The van der Waals surface area contributed by atoms with Crippen LogP contribution in [0.5, 0.6) is 5.75 Å². The lowest BCUT2D eigenvalue weighted by atomic mass is 10.2. The molecule has 0 unspecified atom stereocenters. The van der Waals surface area contributed by atoms with Crippen LogP contribution in [0, 0.1) is 11.6 Å². The Kier molecular flexibility index (Phi) is 6.32. The molecule has 3 aromatic rings. The molecule has 2 aromatic carbocycles. The molecule has 0 bridgehead atoms. The standard InChI is InChI=1S/C19H19F2N5O2S/c1-11(2)28-14-5-3-4-12(8-14)18-24-25-19(26(18)22)29-10-17(27)23-13-6-7-15(20)16(21)9-13/h3-9,11H,10,22H2,1-2H3,(H,23,27). The number of nitrogens with zero attached hydrogens (tertiary/aromatic N) is 3. The Hall–Kier alpha value is -3.14. The first kappa shape index (κ1) is 20.6. The summed E-state index contributed by atoms with van der Waals surface area (Å²) in [5.74, 6) is 4.69. The van der Waals surface area contributed by atoms with Crippen LogP contribution in [0.2, 0.25) is 0 Å². The molecule has 1 amide bonds. The van der Waals surface area contributed by atoms with Gasteiger partial charge in [0.2, 0.25) is 11.1 Å². The van der Waals surface area contributed by atoms with Crippen molar-refractivity contribution in [2.45, 2.75) is 25.1 Å². The molecule has 1 heterocycles. The smallest absolute Gasteiger partial charge is 0.234 e. The molecule has 152 valence electrons. The lowest BCUT2D eigenvalue weighted by Crippen LogP contribution is -2.16. The molecule has 1 aromatic heterocycles. The highest BCUT2D eigenvalue weighted by Crippen LogP contribution is 2.25. The molecule has 0 saturated carbocycles. The second kappa shape index (κ2) is 8.91. The van der Waals surface area contributed by atoms with E-state index in [4.69, 9.17) is 10.6 Å². The maximum absolute atomic E-state index is 13.2. The Morgan fingerprint density at radius 2 is 2.00 bits per heavy atom. The molecule has 0 saturated heterocycles. The minimum atomic E-state index is -1.04. The fourth-order valence-electron chi connectivity index (χ4n) is 2.45. The van der Waals surface area contributed by atoms with Crippen LogP contribution in [0.25, 0.3) is 11.4 Å². The fraction of sp³-hybridized carbons (Fsp3) is 0.211. The van der Waals surface area contributed by atoms with Gasteiger partial charge in [-0.3, -0.25) is 4.79 Å². The number of nitrogen functional groups attached to an aromatic ring is 1. The van der Waals surface area contributed by atoms with Crippen molar-refractivity contribution in [1.82, 2.24) is 14.9 Å². The first-order valence-electron chi connectivity index (χ1n) is 8.68. The second-order valence-electron chi connectivity index (χ2n) is 6.34. The number of ether oxygens (including phenoxy) is 1. The number of thioether (sulfide) groups is 1. The Bertz CT molecular complexity index is 1030. The number of rotatable bonds is 7. The zero-order chi connectivity index (χ0) is 21.0. The van der Waals surface area contributed by atoms with Crippen molar-refractivity contribution in [2.24, 2.45) is 0 Å². The van der Waals surface area contributed by atoms with E-state index < -0.39 is 17.5 Å². The molecule has 0 atom stereocenters. The zero-order valence-electron chi connectivity index (χ0n) is 15.7. The zero-order valence-corrected chi connectivity index (χ0v) is 16.5. The molecule has 3 N–H and O–H groups in total. The monoisotopic (exact) mass is 419 g/mol. The van der Waals surface area contributed by atoms with E-state index in [-0.39, 0.29) is 17.5 Å². The third kappa shape index (κ3) is 5.23. The molecule has 3 rings (SSSR count). The SMILES string of the molecule is CC(C)Oc1cccc(-c2nnc(SCC(=O)Nc3ccc(F)c(F)c3)n2N)c1. The molecule has 10 heteroatoms. The van der Waals surface area contributed by atoms with Gasteiger partial charge in [0.15, 0.2) is 17.5 Å². The Morgan fingerprint density at radius 1 is 1.21 bits per heavy atom. The Balaban J connectivity index is 1.65. The number of nitrogens with one attached hydrogen (secondary N) is 1. The summed E-state index contributed by atoms with van der Waals surface area (Å²) < 4.78 is 33.1. The summed E-state index contributed by atoms with van der Waals surface area (Å²) in [4.78, 5) is 12.1. The summed E-state index contributed by atoms with van der Waals surface area (Å²) in [6.45, 7) is 3.86. The Morgan fingerprint density at radius 3 is 2.72 bits per heavy atom. The molecule has 7 nitrogen and oxygen atoms in total. The second-order valence-corrected chi connectivity index (χ2v) is 7.28. The predicted octanol–water partition coefficient (Wildman–Crippen LogP) is 3.46. The first-order valence-corrected chi connectivity index (χ1v) is 9.67. The highest BCUT2D eigenvalue weighted by Gasteiger charge is 2.15. The van der Waals surface area contributed by atoms with Crippen LogP contribution >= 0.6 is 11.8 Å². The highest BCUT2D eigenvalue weighted by molar-refractivity contribution is 7.99. The number of halogens is 2. The molecule has 0 aliphatic carbocycles. The predicted molar refractivity (Wildman–Crippen MR) is 107 cm³/mol. The van der Waals surface area contributed by atoms with Crippen LogP contribution < -0.4 is 15.9 Å². The van der Waals surface area contributed by atoms with Crippen LogP contribution in [-0.4, -0.2) is 32.6 Å². The van der Waals surface area contributed by atoms with Gasteiger partial charge < -0.3 is 15.9 Å². The highest BCUT2D eigenvalue weighted by atomic mass is 32.2. The van der Waals surface area contributed by atoms with Crippen LogP contribution in [0.15, 0.2) is 47.6 Å². The average molecular weight is 419 g/mol. The van der Waals surface area contributed by atoms with E-state index in [0.29, 0.717) is 16.7 Å². The van der Waals surface area contributed by atoms with Gasteiger partial charge in [-0.15, -0.1) is 10.2 Å². The van der Waals surface area contributed by atoms with Crippen molar-refractivity contribution in [3.8, 4) is 17.1 Å². The molecular weight excluding hydrogens is 400 g/mol.